The summed E-state index contributed by atoms with van der Waals surface area (Å²) < 4.78 is 8.66. The first-order valence-electron chi connectivity index (χ1n) is 22.3. The third kappa shape index (κ3) is 7.77. The van der Waals surface area contributed by atoms with Crippen LogP contribution in [0.25, 0.3) is 0 Å². The minimum atomic E-state index is -3.38. The molecule has 1 saturated heterocycles. The number of allylic oxidation sites excluding steroid dienone is 1. The fourth-order valence-corrected chi connectivity index (χ4v) is 15.7. The molecule has 0 radical (unpaired) electrons. The molecule has 0 N–H and O–H groups in total. The highest BCUT2D eigenvalue weighted by Crippen LogP contribution is 2.58. The average Bonchev–Trinajstić information content (AvgIpc) is 3.17. The maximum absolute atomic E-state index is 8.66. The third-order valence-corrected chi connectivity index (χ3v) is 17.3. The molecule has 1 fully saturated rings. The van der Waals surface area contributed by atoms with Crippen molar-refractivity contribution >= 4 is 18.7 Å². The first kappa shape index (κ1) is 43.6. The molecule has 0 saturated carbocycles. The number of hydrogen-bond acceptors (Lipinski definition) is 1. The topological polar surface area (TPSA) is 9.23 Å². The van der Waals surface area contributed by atoms with Crippen molar-refractivity contribution in [1.82, 2.24) is 0 Å². The Bertz CT molecular complexity index is 2020. The van der Waals surface area contributed by atoms with Crippen LogP contribution < -0.4 is 10.4 Å². The van der Waals surface area contributed by atoms with Gasteiger partial charge in [0.1, 0.15) is 5.60 Å². The molecule has 5 aromatic carbocycles. The Morgan fingerprint density at radius 3 is 1.07 bits per heavy atom. The molecule has 0 bridgehead atoms. The molecule has 0 amide bonds. The van der Waals surface area contributed by atoms with E-state index in [0.29, 0.717) is 35.5 Å². The minimum Gasteiger partial charge on any atom is -0.387 e. The van der Waals surface area contributed by atoms with Gasteiger partial charge in [-0.3, -0.25) is 0 Å². The molecule has 1 atom stereocenters. The van der Waals surface area contributed by atoms with Crippen LogP contribution in [0.15, 0.2) is 127 Å². The van der Waals surface area contributed by atoms with Gasteiger partial charge in [0.25, 0.3) is 8.32 Å². The molecular weight excluding hydrogens is 717 g/mol. The molecular formula is C56H72OSi. The van der Waals surface area contributed by atoms with Crippen molar-refractivity contribution in [3.63, 3.8) is 0 Å². The Balaban J connectivity index is 1.97. The molecule has 1 heterocycles. The van der Waals surface area contributed by atoms with Gasteiger partial charge < -0.3 is 4.43 Å². The van der Waals surface area contributed by atoms with Crippen molar-refractivity contribution < 1.29 is 4.43 Å². The van der Waals surface area contributed by atoms with Gasteiger partial charge in [0.15, 0.2) is 0 Å². The second-order valence-corrected chi connectivity index (χ2v) is 23.2. The highest BCUT2D eigenvalue weighted by Gasteiger charge is 2.68. The molecule has 0 aromatic heterocycles. The predicted molar refractivity (Wildman–Crippen MR) is 254 cm³/mol. The van der Waals surface area contributed by atoms with E-state index in [9.17, 15) is 0 Å². The van der Waals surface area contributed by atoms with Crippen LogP contribution in [0.1, 0.15) is 195 Å². The maximum atomic E-state index is 8.66. The zero-order chi connectivity index (χ0) is 42.3. The van der Waals surface area contributed by atoms with Gasteiger partial charge in [-0.1, -0.05) is 225 Å². The molecule has 1 nitrogen and oxygen atoms in total. The second kappa shape index (κ2) is 16.9. The molecule has 1 unspecified atom stereocenters. The van der Waals surface area contributed by atoms with Gasteiger partial charge in [-0.05, 0) is 107 Å². The molecule has 2 heteroatoms. The Kier molecular flexibility index (Phi) is 12.7. The predicted octanol–water partition coefficient (Wildman–Crippen LogP) is 14.8. The van der Waals surface area contributed by atoms with Crippen LogP contribution in [0, 0.1) is 5.41 Å². The first-order chi connectivity index (χ1) is 27.4. The van der Waals surface area contributed by atoms with Gasteiger partial charge in [-0.25, -0.2) is 0 Å². The third-order valence-electron chi connectivity index (χ3n) is 12.8. The van der Waals surface area contributed by atoms with Crippen molar-refractivity contribution in [2.45, 2.75) is 151 Å². The Labute approximate surface area is 354 Å². The average molecular weight is 789 g/mol. The second-order valence-electron chi connectivity index (χ2n) is 20.1. The lowest BCUT2D eigenvalue weighted by Crippen LogP contribution is -2.79. The fourth-order valence-electron chi connectivity index (χ4n) is 9.61. The minimum absolute atomic E-state index is 0.0737. The lowest BCUT2D eigenvalue weighted by atomic mass is 9.74. The summed E-state index contributed by atoms with van der Waals surface area (Å²) in [7, 11) is -3.38. The standard InChI is InChI=1S/C56H72OSi/c1-36(2)43-31-47(38(5)6)53(48(32-43)39(7)8)58(54-49(40(9)10)33-44(37(3)4)34-50(54)41(11)12)52(35-51(55(13,14)15)42-25-19-16-20-26-42)56(57-58,45-27-21-17-22-28-45)46-29-23-18-24-30-46/h16-41,51H,1-15H3/b52-35+. The van der Waals surface area contributed by atoms with Gasteiger partial charge in [-0.2, -0.15) is 0 Å². The van der Waals surface area contributed by atoms with E-state index in [-0.39, 0.29) is 11.3 Å². The summed E-state index contributed by atoms with van der Waals surface area (Å²) in [6.07, 6.45) is 2.75. The lowest BCUT2D eigenvalue weighted by molar-refractivity contribution is 0.103. The molecule has 58 heavy (non-hydrogen) atoms. The van der Waals surface area contributed by atoms with Crippen LogP contribution in [0.5, 0.6) is 0 Å². The van der Waals surface area contributed by atoms with E-state index < -0.39 is 13.9 Å². The van der Waals surface area contributed by atoms with Gasteiger partial charge in [0.2, 0.25) is 0 Å². The van der Waals surface area contributed by atoms with Gasteiger partial charge in [0, 0.05) is 5.92 Å². The van der Waals surface area contributed by atoms with Crippen molar-refractivity contribution in [2.75, 3.05) is 0 Å². The molecule has 1 aliphatic rings. The largest absolute Gasteiger partial charge is 0.387 e. The van der Waals surface area contributed by atoms with Crippen LogP contribution in [-0.4, -0.2) is 8.32 Å². The molecule has 5 aromatic rings. The van der Waals surface area contributed by atoms with E-state index in [4.69, 9.17) is 4.43 Å². The zero-order valence-corrected chi connectivity index (χ0v) is 39.5. The Hall–Kier alpha value is -3.98. The van der Waals surface area contributed by atoms with Gasteiger partial charge in [-0.15, -0.1) is 0 Å². The highest BCUT2D eigenvalue weighted by molar-refractivity contribution is 7.06. The van der Waals surface area contributed by atoms with Crippen molar-refractivity contribution in [1.29, 1.82) is 0 Å². The SMILES string of the molecule is CC(C)c1cc(C(C)C)c([Si]2(c3c(C(C)C)cc(C(C)C)cc3C(C)C)OC(c3ccccc3)(c3ccccc3)/C2=C\C(c2ccccc2)C(C)(C)C)c(C(C)C)c1. The van der Waals surface area contributed by atoms with Crippen molar-refractivity contribution in [3.8, 4) is 0 Å². The van der Waals surface area contributed by atoms with Crippen LogP contribution in [-0.2, 0) is 10.0 Å². The van der Waals surface area contributed by atoms with Crippen molar-refractivity contribution in [2.24, 2.45) is 5.41 Å². The van der Waals surface area contributed by atoms with E-state index in [1.807, 2.05) is 0 Å². The normalized spacial score (nSPS) is 16.6. The lowest BCUT2D eigenvalue weighted by Gasteiger charge is -2.61. The molecule has 0 spiro atoms. The summed E-state index contributed by atoms with van der Waals surface area (Å²) in [5.74, 6) is 2.17. The van der Waals surface area contributed by atoms with E-state index in [0.717, 1.165) is 0 Å². The summed E-state index contributed by atoms with van der Waals surface area (Å²) in [6.45, 7) is 36.0. The van der Waals surface area contributed by atoms with E-state index >= 15 is 0 Å². The van der Waals surface area contributed by atoms with Gasteiger partial charge >= 0.3 is 0 Å². The molecule has 306 valence electrons. The smallest absolute Gasteiger partial charge is 0.290 e. The summed E-state index contributed by atoms with van der Waals surface area (Å²) >= 11 is 0. The monoisotopic (exact) mass is 789 g/mol. The van der Waals surface area contributed by atoms with Crippen LogP contribution in [0.4, 0.5) is 0 Å². The number of benzene rings is 5. The van der Waals surface area contributed by atoms with E-state index in [2.05, 4.69) is 225 Å². The zero-order valence-electron chi connectivity index (χ0n) is 38.5. The summed E-state index contributed by atoms with van der Waals surface area (Å²) in [4.78, 5) is 0. The van der Waals surface area contributed by atoms with E-state index in [1.54, 1.807) is 0 Å². The molecule has 6 rings (SSSR count). The number of hydrogen-bond donors (Lipinski definition) is 0. The summed E-state index contributed by atoms with van der Waals surface area (Å²) in [6, 6.07) is 43.9. The highest BCUT2D eigenvalue weighted by atomic mass is 28.4. The van der Waals surface area contributed by atoms with Crippen LogP contribution in [0.2, 0.25) is 0 Å². The van der Waals surface area contributed by atoms with Crippen LogP contribution in [0.3, 0.4) is 0 Å². The Morgan fingerprint density at radius 1 is 0.448 bits per heavy atom. The number of rotatable bonds is 12. The van der Waals surface area contributed by atoms with E-state index in [1.165, 1.54) is 65.6 Å². The van der Waals surface area contributed by atoms with Crippen molar-refractivity contribution in [3.05, 3.63) is 177 Å². The summed E-state index contributed by atoms with van der Waals surface area (Å²) in [5, 5.41) is 4.43. The maximum Gasteiger partial charge on any atom is 0.290 e. The first-order valence-corrected chi connectivity index (χ1v) is 24.2. The molecule has 1 aliphatic heterocycles. The van der Waals surface area contributed by atoms with Crippen LogP contribution >= 0.6 is 0 Å². The fraction of sp³-hybridized carbons (Fsp3) is 0.429. The summed E-state index contributed by atoms with van der Waals surface area (Å²) in [5.41, 5.74) is 11.5. The molecule has 0 aliphatic carbocycles. The van der Waals surface area contributed by atoms with Gasteiger partial charge in [0.05, 0.1) is 0 Å². The quantitative estimate of drug-likeness (QED) is 0.114. The Morgan fingerprint density at radius 2 is 0.776 bits per heavy atom.